The van der Waals surface area contributed by atoms with Crippen LogP contribution in [0, 0.1) is 16.0 Å². The Hall–Kier alpha value is -5.94. The highest BCUT2D eigenvalue weighted by Crippen LogP contribution is 2.44. The molecule has 2 aliphatic rings. The number of methoxy groups -OCH3 is 1. The van der Waals surface area contributed by atoms with Crippen LogP contribution in [-0.2, 0) is 36.8 Å². The number of phenols is 1. The van der Waals surface area contributed by atoms with Crippen LogP contribution < -0.4 is 36.5 Å². The molecular formula is C36H43ClN6O11. The first kappa shape index (κ1) is 42.5. The normalized spacial score (nSPS) is 18.1. The number of nitro groups is 1. The molecule has 4 bridgehead atoms. The lowest BCUT2D eigenvalue weighted by Gasteiger charge is -2.30. The van der Waals surface area contributed by atoms with Crippen LogP contribution in [0.1, 0.15) is 49.9 Å². The van der Waals surface area contributed by atoms with Crippen molar-refractivity contribution in [3.8, 4) is 23.0 Å². The molecule has 3 aromatic rings. The number of fused-ring (bicyclic) bond motifs is 9. The van der Waals surface area contributed by atoms with E-state index in [2.05, 4.69) is 21.3 Å². The fourth-order valence-electron chi connectivity index (χ4n) is 5.90. The van der Waals surface area contributed by atoms with Crippen molar-refractivity contribution in [1.29, 1.82) is 0 Å². The van der Waals surface area contributed by atoms with Gasteiger partial charge in [0, 0.05) is 25.8 Å². The third-order valence-electron chi connectivity index (χ3n) is 8.37. The van der Waals surface area contributed by atoms with E-state index in [9.17, 15) is 44.3 Å². The number of carbonyl (C=O) groups is 5. The van der Waals surface area contributed by atoms with Gasteiger partial charge in [0.05, 0.1) is 24.1 Å². The highest BCUT2D eigenvalue weighted by Gasteiger charge is 2.37. The van der Waals surface area contributed by atoms with Gasteiger partial charge in [-0.3, -0.25) is 29.3 Å². The molecule has 0 unspecified atom stereocenters. The van der Waals surface area contributed by atoms with Crippen molar-refractivity contribution in [2.24, 2.45) is 11.7 Å². The van der Waals surface area contributed by atoms with Gasteiger partial charge in [-0.25, -0.2) is 4.79 Å². The van der Waals surface area contributed by atoms with Gasteiger partial charge in [-0.2, -0.15) is 0 Å². The maximum Gasteiger partial charge on any atom is 0.328 e. The Bertz CT molecular complexity index is 1880. The lowest BCUT2D eigenvalue weighted by atomic mass is 9.96. The Balaban J connectivity index is 0.00000784. The average molecular weight is 771 g/mol. The SMILES string of the molecule is COc1c(O)cc2cc1Oc1ccc(cc1[N+](=O)[O-])C[C@H](NC(=O)[C@H](N)CC(C)C)C(=O)N[C@H](Cc1ccccc1)C(=O)N[C@H]2[C@@H](NC(C)=O)C(=O)O.Cl. The predicted molar refractivity (Wildman–Crippen MR) is 196 cm³/mol. The summed E-state index contributed by atoms with van der Waals surface area (Å²) in [5.41, 5.74) is 6.28. The summed E-state index contributed by atoms with van der Waals surface area (Å²) in [5.74, 6) is -6.21. The van der Waals surface area contributed by atoms with Gasteiger partial charge in [0.25, 0.3) is 0 Å². The molecule has 290 valence electrons. The fraction of sp³-hybridized carbons (Fsp3) is 0.361. The first-order valence-electron chi connectivity index (χ1n) is 16.6. The molecule has 3 aromatic carbocycles. The van der Waals surface area contributed by atoms with E-state index in [1.165, 1.54) is 25.3 Å². The summed E-state index contributed by atoms with van der Waals surface area (Å²) in [6.45, 7) is 4.79. The summed E-state index contributed by atoms with van der Waals surface area (Å²) in [5, 5.41) is 43.7. The molecule has 18 heteroatoms. The van der Waals surface area contributed by atoms with Crippen LogP contribution in [0.15, 0.2) is 60.7 Å². The molecular weight excluding hydrogens is 728 g/mol. The second-order valence-electron chi connectivity index (χ2n) is 13.0. The first-order valence-corrected chi connectivity index (χ1v) is 16.6. The van der Waals surface area contributed by atoms with Crippen molar-refractivity contribution in [3.63, 3.8) is 0 Å². The minimum Gasteiger partial charge on any atom is -0.504 e. The van der Waals surface area contributed by atoms with E-state index in [4.69, 9.17) is 15.2 Å². The number of rotatable bonds is 11. The number of hydrogen-bond acceptors (Lipinski definition) is 11. The summed E-state index contributed by atoms with van der Waals surface area (Å²) < 4.78 is 11.2. The van der Waals surface area contributed by atoms with E-state index in [-0.39, 0.29) is 66.0 Å². The molecule has 0 fully saturated rings. The summed E-state index contributed by atoms with van der Waals surface area (Å²) in [7, 11) is 1.19. The Morgan fingerprint density at radius 3 is 2.33 bits per heavy atom. The topological polar surface area (TPSA) is 262 Å². The number of nitrogens with two attached hydrogens (primary N) is 1. The van der Waals surface area contributed by atoms with Gasteiger partial charge in [0.1, 0.15) is 12.1 Å². The molecule has 0 radical (unpaired) electrons. The number of nitro benzene ring substituents is 1. The zero-order valence-corrected chi connectivity index (χ0v) is 30.7. The Morgan fingerprint density at radius 1 is 1.06 bits per heavy atom. The summed E-state index contributed by atoms with van der Waals surface area (Å²) in [6, 6.07) is 7.38. The average Bonchev–Trinajstić information content (AvgIpc) is 3.08. The van der Waals surface area contributed by atoms with E-state index in [0.29, 0.717) is 5.56 Å². The van der Waals surface area contributed by atoms with E-state index in [1.54, 1.807) is 30.3 Å². The second-order valence-corrected chi connectivity index (χ2v) is 13.0. The van der Waals surface area contributed by atoms with Gasteiger partial charge in [0.15, 0.2) is 17.5 Å². The summed E-state index contributed by atoms with van der Waals surface area (Å²) >= 11 is 0. The van der Waals surface area contributed by atoms with Gasteiger partial charge >= 0.3 is 11.7 Å². The number of ether oxygens (including phenoxy) is 2. The molecule has 2 aliphatic heterocycles. The molecule has 0 spiro atoms. The van der Waals surface area contributed by atoms with Crippen molar-refractivity contribution in [2.75, 3.05) is 7.11 Å². The maximum absolute atomic E-state index is 14.2. The van der Waals surface area contributed by atoms with Crippen LogP contribution in [0.2, 0.25) is 0 Å². The molecule has 17 nitrogen and oxygen atoms in total. The molecule has 54 heavy (non-hydrogen) atoms. The van der Waals surface area contributed by atoms with Gasteiger partial charge in [-0.15, -0.1) is 12.4 Å². The van der Waals surface area contributed by atoms with Crippen LogP contribution in [0.3, 0.4) is 0 Å². The summed E-state index contributed by atoms with van der Waals surface area (Å²) in [6.07, 6.45) is -0.103. The Labute approximate surface area is 316 Å². The number of nitrogens with zero attached hydrogens (tertiary/aromatic N) is 1. The zero-order valence-electron chi connectivity index (χ0n) is 29.9. The van der Waals surface area contributed by atoms with E-state index >= 15 is 0 Å². The molecule has 0 aromatic heterocycles. The largest absolute Gasteiger partial charge is 0.504 e. The number of benzene rings is 3. The second kappa shape index (κ2) is 18.7. The highest BCUT2D eigenvalue weighted by atomic mass is 35.5. The standard InChI is InChI=1S/C36H42N6O11.ClH/c1-18(2)12-23(37)33(45)39-25-14-21-10-11-28(26(15-21)42(50)51)53-29-17-22(16-27(44)32(29)52-4)30(31(36(48)49)38-19(3)43)41-35(47)24(40-34(25)46)13-20-8-6-5-7-9-20;/h5-11,15-18,23-25,30-31,44H,12-14,37H2,1-4H3,(H,38,43)(H,39,45)(H,40,46)(H,41,47)(H,48,49);1H/t23-,24-,25+,30-,31-;/m1./s1. The highest BCUT2D eigenvalue weighted by molar-refractivity contribution is 5.94. The number of carbonyl (C=O) groups excluding carboxylic acids is 4. The van der Waals surface area contributed by atoms with Crippen LogP contribution in [0.5, 0.6) is 23.0 Å². The van der Waals surface area contributed by atoms with Gasteiger partial charge in [0.2, 0.25) is 35.1 Å². The first-order chi connectivity index (χ1) is 25.1. The number of amides is 4. The third kappa shape index (κ3) is 10.8. The fourth-order valence-corrected chi connectivity index (χ4v) is 5.90. The van der Waals surface area contributed by atoms with Gasteiger partial charge < -0.3 is 46.7 Å². The molecule has 2 heterocycles. The van der Waals surface area contributed by atoms with E-state index < -0.39 is 76.2 Å². The minimum absolute atomic E-state index is 0. The minimum atomic E-state index is -1.84. The molecule has 0 aliphatic carbocycles. The Morgan fingerprint density at radius 2 is 1.74 bits per heavy atom. The van der Waals surface area contributed by atoms with Crippen LogP contribution >= 0.6 is 12.4 Å². The molecule has 5 rings (SSSR count). The summed E-state index contributed by atoms with van der Waals surface area (Å²) in [4.78, 5) is 77.9. The zero-order chi connectivity index (χ0) is 39.0. The number of aliphatic carboxylic acids is 1. The third-order valence-corrected chi connectivity index (χ3v) is 8.37. The molecule has 4 amide bonds. The van der Waals surface area contributed by atoms with Crippen LogP contribution in [0.25, 0.3) is 0 Å². The lowest BCUT2D eigenvalue weighted by Crippen LogP contribution is -2.58. The van der Waals surface area contributed by atoms with Crippen molar-refractivity contribution < 1.29 is 48.6 Å². The number of hydrogen-bond donors (Lipinski definition) is 7. The van der Waals surface area contributed by atoms with Crippen molar-refractivity contribution in [1.82, 2.24) is 21.3 Å². The van der Waals surface area contributed by atoms with Crippen molar-refractivity contribution in [3.05, 3.63) is 87.5 Å². The number of halogens is 1. The number of aromatic hydroxyl groups is 1. The van der Waals surface area contributed by atoms with Crippen molar-refractivity contribution in [2.45, 2.75) is 70.2 Å². The Kier molecular flexibility index (Phi) is 14.7. The monoisotopic (exact) mass is 770 g/mol. The quantitative estimate of drug-likeness (QED) is 0.110. The number of carboxylic acid groups (broad SMARTS) is 1. The number of nitrogens with one attached hydrogen (secondary N) is 4. The predicted octanol–water partition coefficient (Wildman–Crippen LogP) is 2.41. The lowest BCUT2D eigenvalue weighted by molar-refractivity contribution is -0.385. The van der Waals surface area contributed by atoms with Crippen LogP contribution in [-0.4, -0.2) is 76.0 Å². The molecule has 5 atom stereocenters. The molecule has 0 saturated heterocycles. The number of phenolic OH excluding ortho intramolecular Hbond substituents is 1. The van der Waals surface area contributed by atoms with E-state index in [0.717, 1.165) is 19.1 Å². The molecule has 8 N–H and O–H groups in total. The van der Waals surface area contributed by atoms with E-state index in [1.807, 2.05) is 13.8 Å². The maximum atomic E-state index is 14.2. The van der Waals surface area contributed by atoms with Crippen molar-refractivity contribution >= 4 is 47.7 Å². The molecule has 0 saturated carbocycles. The van der Waals surface area contributed by atoms with Crippen LogP contribution in [0.4, 0.5) is 5.69 Å². The number of carboxylic acids is 1. The van der Waals surface area contributed by atoms with Gasteiger partial charge in [-0.1, -0.05) is 50.2 Å². The van der Waals surface area contributed by atoms with Gasteiger partial charge in [-0.05, 0) is 47.2 Å². The smallest absolute Gasteiger partial charge is 0.328 e.